The van der Waals surface area contributed by atoms with Gasteiger partial charge in [0.05, 0.1) is 0 Å². The van der Waals surface area contributed by atoms with Crippen LogP contribution in [0.5, 0.6) is 0 Å². The second-order valence-corrected chi connectivity index (χ2v) is 5.46. The Morgan fingerprint density at radius 3 is 2.06 bits per heavy atom. The fourth-order valence-corrected chi connectivity index (χ4v) is 2.99. The average molecular weight is 247 g/mol. The fourth-order valence-electron chi connectivity index (χ4n) is 2.99. The fraction of sp³-hybridized carbons (Fsp3) is 0.733. The van der Waals surface area contributed by atoms with E-state index in [1.54, 1.807) is 0 Å². The minimum absolute atomic E-state index is 0.580. The topological polar surface area (TPSA) is 51.8 Å². The van der Waals surface area contributed by atoms with E-state index < -0.39 is 0 Å². The van der Waals surface area contributed by atoms with E-state index in [0.29, 0.717) is 12.5 Å². The summed E-state index contributed by atoms with van der Waals surface area (Å²) in [5.41, 5.74) is 9.15. The number of aryl methyl sites for hydroxylation is 2. The van der Waals surface area contributed by atoms with Crippen molar-refractivity contribution in [3.8, 4) is 0 Å². The number of hydrogen-bond acceptors (Lipinski definition) is 3. The molecule has 0 spiro atoms. The molecule has 1 aromatic rings. The molecular weight excluding hydrogens is 222 g/mol. The molecule has 1 saturated carbocycles. The van der Waals surface area contributed by atoms with Crippen molar-refractivity contribution >= 4 is 0 Å². The maximum absolute atomic E-state index is 5.64. The summed E-state index contributed by atoms with van der Waals surface area (Å²) in [5, 5.41) is 0. The van der Waals surface area contributed by atoms with E-state index >= 15 is 0 Å². The lowest BCUT2D eigenvalue weighted by Crippen LogP contribution is -2.12. The number of nitrogens with two attached hydrogens (primary N) is 1. The molecule has 1 aliphatic rings. The molecule has 0 aliphatic heterocycles. The summed E-state index contributed by atoms with van der Waals surface area (Å²) < 4.78 is 0. The molecule has 1 fully saturated rings. The van der Waals surface area contributed by atoms with E-state index in [-0.39, 0.29) is 0 Å². The van der Waals surface area contributed by atoms with E-state index in [4.69, 9.17) is 15.7 Å². The van der Waals surface area contributed by atoms with Crippen LogP contribution in [0.25, 0.3) is 0 Å². The highest BCUT2D eigenvalue weighted by molar-refractivity contribution is 5.25. The van der Waals surface area contributed by atoms with E-state index in [1.165, 1.54) is 44.1 Å². The first-order valence-corrected chi connectivity index (χ1v) is 7.26. The van der Waals surface area contributed by atoms with Crippen LogP contribution < -0.4 is 5.73 Å². The Balaban J connectivity index is 2.23. The molecule has 3 heteroatoms. The van der Waals surface area contributed by atoms with Crippen molar-refractivity contribution in [2.24, 2.45) is 5.73 Å². The molecule has 0 atom stereocenters. The highest BCUT2D eigenvalue weighted by atomic mass is 14.9. The molecule has 2 rings (SSSR count). The first kappa shape index (κ1) is 13.5. The summed E-state index contributed by atoms with van der Waals surface area (Å²) in [6.07, 6.45) is 8.82. The van der Waals surface area contributed by atoms with Gasteiger partial charge in [0.25, 0.3) is 0 Å². The van der Waals surface area contributed by atoms with Gasteiger partial charge < -0.3 is 5.73 Å². The van der Waals surface area contributed by atoms with Crippen molar-refractivity contribution in [3.05, 3.63) is 22.8 Å². The highest BCUT2D eigenvalue weighted by Crippen LogP contribution is 2.30. The van der Waals surface area contributed by atoms with Crippen molar-refractivity contribution in [1.82, 2.24) is 9.97 Å². The van der Waals surface area contributed by atoms with E-state index in [0.717, 1.165) is 23.6 Å². The van der Waals surface area contributed by atoms with Gasteiger partial charge in [-0.2, -0.15) is 0 Å². The van der Waals surface area contributed by atoms with Crippen LogP contribution in [0.15, 0.2) is 0 Å². The zero-order valence-corrected chi connectivity index (χ0v) is 11.7. The van der Waals surface area contributed by atoms with Gasteiger partial charge in [-0.25, -0.2) is 9.97 Å². The standard InChI is InChI=1S/C15H25N3/c1-11-14(9-10-16)12(2)18-15(17-11)13-7-5-3-4-6-8-13/h13H,3-10,16H2,1-2H3. The van der Waals surface area contributed by atoms with E-state index in [9.17, 15) is 0 Å². The lowest BCUT2D eigenvalue weighted by Gasteiger charge is -2.16. The van der Waals surface area contributed by atoms with Gasteiger partial charge in [0.15, 0.2) is 0 Å². The molecule has 0 amide bonds. The lowest BCUT2D eigenvalue weighted by molar-refractivity contribution is 0.555. The number of hydrogen-bond donors (Lipinski definition) is 1. The maximum Gasteiger partial charge on any atom is 0.131 e. The Morgan fingerprint density at radius 2 is 1.56 bits per heavy atom. The zero-order valence-electron chi connectivity index (χ0n) is 11.7. The Morgan fingerprint density at radius 1 is 1.00 bits per heavy atom. The number of nitrogens with zero attached hydrogens (tertiary/aromatic N) is 2. The average Bonchev–Trinajstić information content (AvgIpc) is 2.62. The van der Waals surface area contributed by atoms with Crippen LogP contribution in [0, 0.1) is 13.8 Å². The molecular formula is C15H25N3. The van der Waals surface area contributed by atoms with Crippen LogP contribution in [0.1, 0.15) is 67.2 Å². The largest absolute Gasteiger partial charge is 0.330 e. The second-order valence-electron chi connectivity index (χ2n) is 5.46. The monoisotopic (exact) mass is 247 g/mol. The van der Waals surface area contributed by atoms with Crippen molar-refractivity contribution < 1.29 is 0 Å². The lowest BCUT2D eigenvalue weighted by atomic mass is 9.98. The normalized spacial score (nSPS) is 17.7. The van der Waals surface area contributed by atoms with E-state index in [2.05, 4.69) is 13.8 Å². The quantitative estimate of drug-likeness (QED) is 0.835. The molecule has 100 valence electrons. The summed E-state index contributed by atoms with van der Waals surface area (Å²) in [5.74, 6) is 1.66. The van der Waals surface area contributed by atoms with Gasteiger partial charge in [0, 0.05) is 17.3 Å². The SMILES string of the molecule is Cc1nc(C2CCCCCC2)nc(C)c1CCN. The van der Waals surface area contributed by atoms with Crippen LogP contribution in [0.4, 0.5) is 0 Å². The van der Waals surface area contributed by atoms with Crippen LogP contribution in [0.3, 0.4) is 0 Å². The van der Waals surface area contributed by atoms with E-state index in [1.807, 2.05) is 0 Å². The molecule has 3 nitrogen and oxygen atoms in total. The van der Waals surface area contributed by atoms with Crippen molar-refractivity contribution in [2.45, 2.75) is 64.7 Å². The highest BCUT2D eigenvalue weighted by Gasteiger charge is 2.18. The summed E-state index contributed by atoms with van der Waals surface area (Å²) >= 11 is 0. The Bertz CT molecular complexity index is 370. The maximum atomic E-state index is 5.64. The van der Waals surface area contributed by atoms with Crippen molar-refractivity contribution in [2.75, 3.05) is 6.54 Å². The third kappa shape index (κ3) is 3.08. The Kier molecular flexibility index (Phi) is 4.70. The Hall–Kier alpha value is -0.960. The predicted molar refractivity (Wildman–Crippen MR) is 74.7 cm³/mol. The molecule has 0 bridgehead atoms. The molecule has 18 heavy (non-hydrogen) atoms. The number of rotatable bonds is 3. The van der Waals surface area contributed by atoms with Gasteiger partial charge in [-0.1, -0.05) is 25.7 Å². The van der Waals surface area contributed by atoms with Crippen LogP contribution in [-0.2, 0) is 6.42 Å². The Labute approximate surface area is 110 Å². The van der Waals surface area contributed by atoms with Gasteiger partial charge >= 0.3 is 0 Å². The number of aromatic nitrogens is 2. The molecule has 0 aromatic carbocycles. The molecule has 1 aliphatic carbocycles. The summed E-state index contributed by atoms with van der Waals surface area (Å²) in [6.45, 7) is 4.87. The minimum Gasteiger partial charge on any atom is -0.330 e. The second kappa shape index (κ2) is 6.28. The summed E-state index contributed by atoms with van der Waals surface area (Å²) in [4.78, 5) is 9.50. The van der Waals surface area contributed by atoms with Crippen molar-refractivity contribution in [3.63, 3.8) is 0 Å². The first-order valence-electron chi connectivity index (χ1n) is 7.26. The molecule has 1 aromatic heterocycles. The molecule has 0 unspecified atom stereocenters. The summed E-state index contributed by atoms with van der Waals surface area (Å²) in [6, 6.07) is 0. The first-order chi connectivity index (χ1) is 8.72. The molecule has 0 radical (unpaired) electrons. The third-order valence-electron chi connectivity index (χ3n) is 4.05. The minimum atomic E-state index is 0.580. The van der Waals surface area contributed by atoms with Crippen LogP contribution >= 0.6 is 0 Å². The molecule has 0 saturated heterocycles. The van der Waals surface area contributed by atoms with Gasteiger partial charge in [0.1, 0.15) is 5.82 Å². The van der Waals surface area contributed by atoms with Gasteiger partial charge in [-0.05, 0) is 45.2 Å². The van der Waals surface area contributed by atoms with Crippen molar-refractivity contribution in [1.29, 1.82) is 0 Å². The van der Waals surface area contributed by atoms with Gasteiger partial charge in [0.2, 0.25) is 0 Å². The molecule has 2 N–H and O–H groups in total. The van der Waals surface area contributed by atoms with Crippen LogP contribution in [-0.4, -0.2) is 16.5 Å². The summed E-state index contributed by atoms with van der Waals surface area (Å²) in [7, 11) is 0. The zero-order chi connectivity index (χ0) is 13.0. The smallest absolute Gasteiger partial charge is 0.131 e. The molecule has 1 heterocycles. The van der Waals surface area contributed by atoms with Gasteiger partial charge in [-0.15, -0.1) is 0 Å². The van der Waals surface area contributed by atoms with Gasteiger partial charge in [-0.3, -0.25) is 0 Å². The third-order valence-corrected chi connectivity index (χ3v) is 4.05. The van der Waals surface area contributed by atoms with Crippen LogP contribution in [0.2, 0.25) is 0 Å². The predicted octanol–water partition coefficient (Wildman–Crippen LogP) is 3.03.